The van der Waals surface area contributed by atoms with E-state index in [0.29, 0.717) is 11.3 Å². The summed E-state index contributed by atoms with van der Waals surface area (Å²) >= 11 is 1.54. The molecule has 2 aromatic heterocycles. The Labute approximate surface area is 148 Å². The van der Waals surface area contributed by atoms with Crippen molar-refractivity contribution in [2.24, 2.45) is 5.10 Å². The van der Waals surface area contributed by atoms with Gasteiger partial charge in [-0.1, -0.05) is 12.1 Å². The van der Waals surface area contributed by atoms with Crippen molar-refractivity contribution in [1.29, 1.82) is 0 Å². The van der Waals surface area contributed by atoms with E-state index in [1.165, 1.54) is 17.6 Å². The third kappa shape index (κ3) is 4.02. The molecule has 1 aromatic carbocycles. The van der Waals surface area contributed by atoms with Gasteiger partial charge in [0.1, 0.15) is 0 Å². The van der Waals surface area contributed by atoms with Crippen molar-refractivity contribution in [3.05, 3.63) is 75.9 Å². The lowest BCUT2D eigenvalue weighted by atomic mass is 10.1. The van der Waals surface area contributed by atoms with E-state index in [0.717, 1.165) is 10.4 Å². The Bertz CT molecular complexity index is 913. The first-order valence-corrected chi connectivity index (χ1v) is 8.34. The number of thiophene rings is 1. The number of nitrogens with one attached hydrogen (secondary N) is 2. The molecule has 0 aliphatic heterocycles. The molecule has 0 aliphatic carbocycles. The van der Waals surface area contributed by atoms with Gasteiger partial charge in [-0.2, -0.15) is 5.10 Å². The number of aryl methyl sites for hydroxylation is 1. The molecule has 0 fully saturated rings. The van der Waals surface area contributed by atoms with Gasteiger partial charge in [-0.05, 0) is 48.2 Å². The first-order chi connectivity index (χ1) is 12.1. The maximum absolute atomic E-state index is 12.4. The summed E-state index contributed by atoms with van der Waals surface area (Å²) in [7, 11) is 0. The number of benzene rings is 1. The van der Waals surface area contributed by atoms with Gasteiger partial charge in [0, 0.05) is 4.88 Å². The fraction of sp³-hybridized carbons (Fsp3) is 0.0556. The van der Waals surface area contributed by atoms with Crippen molar-refractivity contribution < 1.29 is 14.0 Å². The Morgan fingerprint density at radius 2 is 1.96 bits per heavy atom. The summed E-state index contributed by atoms with van der Waals surface area (Å²) in [6, 6.07) is 11.8. The Morgan fingerprint density at radius 3 is 2.68 bits per heavy atom. The van der Waals surface area contributed by atoms with E-state index < -0.39 is 11.8 Å². The van der Waals surface area contributed by atoms with Crippen LogP contribution >= 0.6 is 11.3 Å². The minimum absolute atomic E-state index is 0.168. The van der Waals surface area contributed by atoms with Crippen LogP contribution in [0.25, 0.3) is 0 Å². The Balaban J connectivity index is 1.71. The molecule has 2 N–H and O–H groups in total. The zero-order chi connectivity index (χ0) is 17.6. The lowest BCUT2D eigenvalue weighted by Gasteiger charge is -2.08. The van der Waals surface area contributed by atoms with Crippen LogP contribution in [0.1, 0.15) is 31.4 Å². The zero-order valence-electron chi connectivity index (χ0n) is 13.4. The molecule has 0 aliphatic rings. The second kappa shape index (κ2) is 7.59. The van der Waals surface area contributed by atoms with Crippen molar-refractivity contribution in [2.45, 2.75) is 6.92 Å². The lowest BCUT2D eigenvalue weighted by molar-refractivity contribution is 0.0956. The molecule has 0 atom stereocenters. The number of nitrogens with zero attached hydrogens (tertiary/aromatic N) is 1. The smallest absolute Gasteiger partial charge is 0.291 e. The second-order valence-corrected chi connectivity index (χ2v) is 6.09. The van der Waals surface area contributed by atoms with Gasteiger partial charge in [-0.15, -0.1) is 11.3 Å². The largest absolute Gasteiger partial charge is 0.459 e. The average molecular weight is 353 g/mol. The van der Waals surface area contributed by atoms with E-state index in [1.54, 1.807) is 42.6 Å². The van der Waals surface area contributed by atoms with Crippen LogP contribution in [-0.2, 0) is 0 Å². The summed E-state index contributed by atoms with van der Waals surface area (Å²) in [5, 5.41) is 8.60. The van der Waals surface area contributed by atoms with Gasteiger partial charge in [-0.25, -0.2) is 5.43 Å². The Hall–Kier alpha value is -3.19. The van der Waals surface area contributed by atoms with Crippen molar-refractivity contribution in [3.63, 3.8) is 0 Å². The number of rotatable bonds is 5. The van der Waals surface area contributed by atoms with Crippen molar-refractivity contribution >= 4 is 35.1 Å². The van der Waals surface area contributed by atoms with Crippen LogP contribution in [0.4, 0.5) is 5.69 Å². The zero-order valence-corrected chi connectivity index (χ0v) is 14.2. The predicted molar refractivity (Wildman–Crippen MR) is 97.2 cm³/mol. The van der Waals surface area contributed by atoms with Gasteiger partial charge in [0.05, 0.1) is 23.7 Å². The minimum Gasteiger partial charge on any atom is -0.459 e. The molecule has 0 radical (unpaired) electrons. The average Bonchev–Trinajstić information content (AvgIpc) is 3.27. The molecule has 2 amide bonds. The summed E-state index contributed by atoms with van der Waals surface area (Å²) in [6.45, 7) is 1.97. The molecule has 6 nitrogen and oxygen atoms in total. The molecule has 0 spiro atoms. The fourth-order valence-corrected chi connectivity index (χ4v) is 2.89. The summed E-state index contributed by atoms with van der Waals surface area (Å²) in [5.41, 5.74) is 4.25. The van der Waals surface area contributed by atoms with E-state index in [9.17, 15) is 9.59 Å². The number of anilines is 1. The Kier molecular flexibility index (Phi) is 5.06. The molecular weight excluding hydrogens is 338 g/mol. The standard InChI is InChI=1S/C18H15N3O3S/c1-12-8-10-25-16(12)11-19-21-17(22)13-5-2-3-6-14(13)20-18(23)15-7-4-9-24-15/h2-11H,1H3,(H,20,23)(H,21,22)/b19-11-. The molecule has 0 unspecified atom stereocenters. The number of carbonyl (C=O) groups excluding carboxylic acids is 2. The molecule has 0 saturated carbocycles. The molecule has 126 valence electrons. The molecular formula is C18H15N3O3S. The lowest BCUT2D eigenvalue weighted by Crippen LogP contribution is -2.21. The summed E-state index contributed by atoms with van der Waals surface area (Å²) < 4.78 is 5.05. The van der Waals surface area contributed by atoms with E-state index in [4.69, 9.17) is 4.42 Å². The normalized spacial score (nSPS) is 10.8. The number of hydrogen-bond donors (Lipinski definition) is 2. The van der Waals surface area contributed by atoms with Crippen molar-refractivity contribution in [1.82, 2.24) is 5.43 Å². The molecule has 25 heavy (non-hydrogen) atoms. The topological polar surface area (TPSA) is 83.7 Å². The number of carbonyl (C=O) groups is 2. The van der Waals surface area contributed by atoms with Crippen LogP contribution in [0.5, 0.6) is 0 Å². The first kappa shape index (κ1) is 16.7. The summed E-state index contributed by atoms with van der Waals surface area (Å²) in [6.07, 6.45) is 3.01. The van der Waals surface area contributed by atoms with Gasteiger partial charge in [0.2, 0.25) is 0 Å². The van der Waals surface area contributed by atoms with E-state index in [-0.39, 0.29) is 5.76 Å². The van der Waals surface area contributed by atoms with Crippen molar-refractivity contribution in [2.75, 3.05) is 5.32 Å². The minimum atomic E-state index is -0.428. The van der Waals surface area contributed by atoms with Crippen molar-refractivity contribution in [3.8, 4) is 0 Å². The second-order valence-electron chi connectivity index (χ2n) is 5.14. The number of furan rings is 1. The fourth-order valence-electron chi connectivity index (χ4n) is 2.11. The van der Waals surface area contributed by atoms with Gasteiger partial charge in [-0.3, -0.25) is 9.59 Å². The van der Waals surface area contributed by atoms with Crippen LogP contribution in [-0.4, -0.2) is 18.0 Å². The van der Waals surface area contributed by atoms with Crippen LogP contribution in [0.3, 0.4) is 0 Å². The molecule has 3 rings (SSSR count). The number of hydrogen-bond acceptors (Lipinski definition) is 5. The monoisotopic (exact) mass is 353 g/mol. The molecule has 7 heteroatoms. The maximum Gasteiger partial charge on any atom is 0.291 e. The van der Waals surface area contributed by atoms with Gasteiger partial charge in [0.25, 0.3) is 11.8 Å². The van der Waals surface area contributed by atoms with Crippen LogP contribution in [0.2, 0.25) is 0 Å². The maximum atomic E-state index is 12.4. The third-order valence-electron chi connectivity index (χ3n) is 3.41. The van der Waals surface area contributed by atoms with Crippen LogP contribution in [0.15, 0.2) is 63.6 Å². The van der Waals surface area contributed by atoms with E-state index >= 15 is 0 Å². The third-order valence-corrected chi connectivity index (χ3v) is 4.37. The number of amides is 2. The number of para-hydroxylation sites is 1. The quantitative estimate of drug-likeness (QED) is 0.542. The van der Waals surface area contributed by atoms with Crippen LogP contribution in [0, 0.1) is 6.92 Å². The summed E-state index contributed by atoms with van der Waals surface area (Å²) in [4.78, 5) is 25.4. The highest BCUT2D eigenvalue weighted by atomic mass is 32.1. The van der Waals surface area contributed by atoms with Gasteiger partial charge >= 0.3 is 0 Å². The molecule has 0 saturated heterocycles. The highest BCUT2D eigenvalue weighted by molar-refractivity contribution is 7.11. The molecule has 3 aromatic rings. The summed E-state index contributed by atoms with van der Waals surface area (Å²) in [5.74, 6) is -0.676. The molecule has 0 bridgehead atoms. The predicted octanol–water partition coefficient (Wildman–Crippen LogP) is 3.67. The van der Waals surface area contributed by atoms with E-state index in [1.807, 2.05) is 18.4 Å². The van der Waals surface area contributed by atoms with Crippen LogP contribution < -0.4 is 10.7 Å². The highest BCUT2D eigenvalue weighted by Crippen LogP contribution is 2.17. The SMILES string of the molecule is Cc1ccsc1/C=N\NC(=O)c1ccccc1NC(=O)c1ccco1. The highest BCUT2D eigenvalue weighted by Gasteiger charge is 2.15. The van der Waals surface area contributed by atoms with E-state index in [2.05, 4.69) is 15.8 Å². The van der Waals surface area contributed by atoms with Gasteiger partial charge in [0.15, 0.2) is 5.76 Å². The Morgan fingerprint density at radius 1 is 1.12 bits per heavy atom. The number of hydrazone groups is 1. The van der Waals surface area contributed by atoms with Gasteiger partial charge < -0.3 is 9.73 Å². The molecule has 2 heterocycles. The first-order valence-electron chi connectivity index (χ1n) is 7.46.